The number of hydrogen-bond donors (Lipinski definition) is 3. The molecule has 0 radical (unpaired) electrons. The van der Waals surface area contributed by atoms with Crippen LogP contribution in [-0.2, 0) is 12.4 Å². The number of hydrogen-bond acceptors (Lipinski definition) is 3. The molecular formula is C29H21F6N3O2. The van der Waals surface area contributed by atoms with Crippen LogP contribution >= 0.6 is 0 Å². The molecule has 0 saturated carbocycles. The molecule has 0 atom stereocenters. The molecule has 11 heteroatoms. The minimum Gasteiger partial charge on any atom is -0.399 e. The maximum atomic E-state index is 14.1. The van der Waals surface area contributed by atoms with Gasteiger partial charge in [0.05, 0.1) is 11.1 Å². The summed E-state index contributed by atoms with van der Waals surface area (Å²) in [6.45, 7) is 1.80. The number of nitrogens with one attached hydrogen (secondary N) is 2. The van der Waals surface area contributed by atoms with E-state index in [1.807, 2.05) is 0 Å². The van der Waals surface area contributed by atoms with E-state index in [9.17, 15) is 35.9 Å². The van der Waals surface area contributed by atoms with E-state index >= 15 is 0 Å². The third-order valence-electron chi connectivity index (χ3n) is 5.94. The number of benzene rings is 4. The van der Waals surface area contributed by atoms with Crippen LogP contribution in [0.4, 0.5) is 43.4 Å². The van der Waals surface area contributed by atoms with E-state index < -0.39 is 46.4 Å². The second-order valence-electron chi connectivity index (χ2n) is 8.91. The quantitative estimate of drug-likeness (QED) is 0.173. The molecular weight excluding hydrogens is 536 g/mol. The van der Waals surface area contributed by atoms with E-state index in [2.05, 4.69) is 10.6 Å². The highest BCUT2D eigenvalue weighted by Gasteiger charge is 2.39. The molecule has 0 fully saturated rings. The summed E-state index contributed by atoms with van der Waals surface area (Å²) in [6.07, 6.45) is -10.1. The van der Waals surface area contributed by atoms with Gasteiger partial charge in [0.1, 0.15) is 0 Å². The van der Waals surface area contributed by atoms with Crippen molar-refractivity contribution in [2.75, 3.05) is 16.4 Å². The monoisotopic (exact) mass is 557 g/mol. The fourth-order valence-electron chi connectivity index (χ4n) is 3.93. The smallest absolute Gasteiger partial charge is 0.399 e. The maximum absolute atomic E-state index is 14.1. The molecule has 0 heterocycles. The van der Waals surface area contributed by atoms with Gasteiger partial charge in [0.15, 0.2) is 0 Å². The minimum atomic E-state index is -5.06. The first-order valence-electron chi connectivity index (χ1n) is 11.7. The molecule has 5 nitrogen and oxygen atoms in total. The van der Waals surface area contributed by atoms with Crippen molar-refractivity contribution in [1.29, 1.82) is 0 Å². The molecule has 0 aliphatic rings. The second kappa shape index (κ2) is 10.8. The Morgan fingerprint density at radius 1 is 0.600 bits per heavy atom. The number of carbonyl (C=O) groups excluding carboxylic acids is 2. The minimum absolute atomic E-state index is 0.120. The molecule has 0 saturated heterocycles. The highest BCUT2D eigenvalue weighted by Crippen LogP contribution is 2.44. The van der Waals surface area contributed by atoms with Crippen molar-refractivity contribution >= 4 is 28.9 Å². The van der Waals surface area contributed by atoms with Gasteiger partial charge in [0, 0.05) is 28.2 Å². The van der Waals surface area contributed by atoms with Crippen LogP contribution in [0, 0.1) is 6.92 Å². The van der Waals surface area contributed by atoms with E-state index in [0.717, 1.165) is 29.8 Å². The molecule has 40 heavy (non-hydrogen) atoms. The number of anilines is 3. The lowest BCUT2D eigenvalue weighted by Crippen LogP contribution is -2.16. The predicted octanol–water partition coefficient (Wildman–Crippen LogP) is 7.79. The number of halogens is 6. The Labute approximate surface area is 224 Å². The highest BCUT2D eigenvalue weighted by atomic mass is 19.4. The Morgan fingerprint density at radius 3 is 1.35 bits per heavy atom. The van der Waals surface area contributed by atoms with Crippen molar-refractivity contribution in [2.45, 2.75) is 19.3 Å². The lowest BCUT2D eigenvalue weighted by molar-refractivity contribution is -0.139. The van der Waals surface area contributed by atoms with Gasteiger partial charge in [-0.3, -0.25) is 9.59 Å². The van der Waals surface area contributed by atoms with Crippen LogP contribution in [0.1, 0.15) is 37.4 Å². The summed E-state index contributed by atoms with van der Waals surface area (Å²) in [5.74, 6) is -1.41. The van der Waals surface area contributed by atoms with E-state index in [1.54, 1.807) is 19.1 Å². The first-order valence-corrected chi connectivity index (χ1v) is 11.7. The molecule has 0 aliphatic carbocycles. The van der Waals surface area contributed by atoms with Crippen LogP contribution in [0.2, 0.25) is 0 Å². The summed E-state index contributed by atoms with van der Waals surface area (Å²) in [5.41, 5.74) is 2.36. The number of nitrogens with two attached hydrogens (primary N) is 1. The van der Waals surface area contributed by atoms with Crippen molar-refractivity contribution in [2.24, 2.45) is 0 Å². The summed E-state index contributed by atoms with van der Waals surface area (Å²) in [6, 6.07) is 16.9. The lowest BCUT2D eigenvalue weighted by Gasteiger charge is -2.20. The molecule has 206 valence electrons. The third-order valence-corrected chi connectivity index (χ3v) is 5.94. The van der Waals surface area contributed by atoms with Gasteiger partial charge in [-0.15, -0.1) is 0 Å². The van der Waals surface area contributed by atoms with Gasteiger partial charge in [-0.05, 0) is 78.7 Å². The molecule has 4 aromatic rings. The van der Waals surface area contributed by atoms with E-state index in [1.165, 1.54) is 36.4 Å². The van der Waals surface area contributed by atoms with Gasteiger partial charge in [-0.1, -0.05) is 29.8 Å². The number of amides is 2. The van der Waals surface area contributed by atoms with Crippen molar-refractivity contribution in [3.63, 3.8) is 0 Å². The van der Waals surface area contributed by atoms with Crippen LogP contribution in [0.5, 0.6) is 0 Å². The zero-order chi connectivity index (χ0) is 29.2. The van der Waals surface area contributed by atoms with Crippen molar-refractivity contribution in [1.82, 2.24) is 0 Å². The SMILES string of the molecule is Cc1ccc(C(=O)Nc2ccc(-c3ccc(NC(=O)c4ccc(N)cc4)cc3C(F)(F)F)c(C(F)(F)F)c2)cc1. The Hall–Kier alpha value is -4.80. The molecule has 0 aliphatic heterocycles. The Balaban J connectivity index is 1.71. The van der Waals surface area contributed by atoms with Gasteiger partial charge in [-0.2, -0.15) is 26.3 Å². The first-order chi connectivity index (χ1) is 18.7. The fraction of sp³-hybridized carbons (Fsp3) is 0.103. The second-order valence-corrected chi connectivity index (χ2v) is 8.91. The third kappa shape index (κ3) is 6.42. The van der Waals surface area contributed by atoms with Crippen LogP contribution in [0.3, 0.4) is 0 Å². The van der Waals surface area contributed by atoms with Gasteiger partial charge in [0.25, 0.3) is 11.8 Å². The van der Waals surface area contributed by atoms with Gasteiger partial charge < -0.3 is 16.4 Å². The molecule has 0 bridgehead atoms. The summed E-state index contributed by atoms with van der Waals surface area (Å²) in [4.78, 5) is 24.9. The van der Waals surface area contributed by atoms with Gasteiger partial charge in [0.2, 0.25) is 0 Å². The summed E-state index contributed by atoms with van der Waals surface area (Å²) in [5, 5.41) is 4.66. The molecule has 4 aromatic carbocycles. The van der Waals surface area contributed by atoms with E-state index in [0.29, 0.717) is 17.8 Å². The maximum Gasteiger partial charge on any atom is 0.417 e. The molecule has 0 aromatic heterocycles. The standard InChI is InChI=1S/C29H21F6N3O2/c1-16-2-4-17(5-3-16)26(39)37-20-10-12-22(24(14-20)28(30,31)32)23-13-11-21(15-25(23)29(33,34)35)38-27(40)18-6-8-19(36)9-7-18/h2-15H,36H2,1H3,(H,37,39)(H,38,40). The van der Waals surface area contributed by atoms with Crippen LogP contribution in [-0.4, -0.2) is 11.8 Å². The number of aryl methyl sites for hydroxylation is 1. The topological polar surface area (TPSA) is 84.2 Å². The average molecular weight is 557 g/mol. The summed E-state index contributed by atoms with van der Waals surface area (Å²) < 4.78 is 84.3. The largest absolute Gasteiger partial charge is 0.417 e. The molecule has 2 amide bonds. The predicted molar refractivity (Wildman–Crippen MR) is 140 cm³/mol. The average Bonchev–Trinajstić information content (AvgIpc) is 2.88. The number of nitrogen functional groups attached to an aromatic ring is 1. The van der Waals surface area contributed by atoms with Crippen molar-refractivity contribution < 1.29 is 35.9 Å². The normalized spacial score (nSPS) is 11.7. The molecule has 0 spiro atoms. The van der Waals surface area contributed by atoms with Gasteiger partial charge in [-0.25, -0.2) is 0 Å². The number of rotatable bonds is 5. The fourth-order valence-corrected chi connectivity index (χ4v) is 3.93. The number of carbonyl (C=O) groups is 2. The Bertz CT molecular complexity index is 1440. The van der Waals surface area contributed by atoms with Crippen LogP contribution in [0.25, 0.3) is 11.1 Å². The van der Waals surface area contributed by atoms with E-state index in [-0.39, 0.29) is 22.5 Å². The van der Waals surface area contributed by atoms with Crippen molar-refractivity contribution in [3.05, 3.63) is 113 Å². The lowest BCUT2D eigenvalue weighted by atomic mass is 9.93. The summed E-state index contributed by atoms with van der Waals surface area (Å²) >= 11 is 0. The Morgan fingerprint density at radius 2 is 0.975 bits per heavy atom. The van der Waals surface area contributed by atoms with Gasteiger partial charge >= 0.3 is 12.4 Å². The summed E-state index contributed by atoms with van der Waals surface area (Å²) in [7, 11) is 0. The molecule has 0 unspecified atom stereocenters. The van der Waals surface area contributed by atoms with Crippen LogP contribution < -0.4 is 16.4 Å². The Kier molecular flexibility index (Phi) is 7.59. The zero-order valence-corrected chi connectivity index (χ0v) is 20.7. The van der Waals surface area contributed by atoms with Crippen LogP contribution in [0.15, 0.2) is 84.9 Å². The van der Waals surface area contributed by atoms with E-state index in [4.69, 9.17) is 5.73 Å². The number of alkyl halides is 6. The zero-order valence-electron chi connectivity index (χ0n) is 20.7. The molecule has 4 rings (SSSR count). The molecule has 4 N–H and O–H groups in total. The first kappa shape index (κ1) is 28.2. The van der Waals surface area contributed by atoms with Crippen molar-refractivity contribution in [3.8, 4) is 11.1 Å². The highest BCUT2D eigenvalue weighted by molar-refractivity contribution is 6.05.